The number of hydrogen-bond donors (Lipinski definition) is 0. The van der Waals surface area contributed by atoms with E-state index in [4.69, 9.17) is 0 Å². The van der Waals surface area contributed by atoms with Crippen LogP contribution in [0.3, 0.4) is 0 Å². The van der Waals surface area contributed by atoms with E-state index >= 15 is 0 Å². The van der Waals surface area contributed by atoms with Crippen LogP contribution in [0.4, 0.5) is 15.2 Å². The third-order valence-corrected chi connectivity index (χ3v) is 6.65. The minimum Gasteiger partial charge on any atom is -0.308 e. The maximum Gasteiger partial charge on any atom is 0.270 e. The molecule has 11 heteroatoms. The number of fused-ring (bicyclic) bond motifs is 2. The molecule has 2 aromatic carbocycles. The molecule has 0 fully saturated rings. The number of halogens is 2. The number of carbonyl (C=O) groups excluding carboxylic acids is 1. The second-order valence-electron chi connectivity index (χ2n) is 6.96. The molecule has 4 aromatic rings. The van der Waals surface area contributed by atoms with Crippen LogP contribution in [-0.4, -0.2) is 47.9 Å². The lowest BCUT2D eigenvalue weighted by Crippen LogP contribution is -2.36. The van der Waals surface area contributed by atoms with Crippen molar-refractivity contribution >= 4 is 72.1 Å². The summed E-state index contributed by atoms with van der Waals surface area (Å²) >= 11 is 2.54. The number of nitro benzene ring substituents is 1. The first kappa shape index (κ1) is 23.0. The molecule has 0 unspecified atom stereocenters. The molecule has 0 spiro atoms. The average molecular weight is 481 g/mol. The van der Waals surface area contributed by atoms with Crippen LogP contribution in [0.1, 0.15) is 9.67 Å². The molecule has 31 heavy (non-hydrogen) atoms. The first-order chi connectivity index (χ1) is 14.3. The van der Waals surface area contributed by atoms with Gasteiger partial charge in [-0.25, -0.2) is 9.37 Å². The number of benzene rings is 2. The Bertz CT molecular complexity index is 1270. The number of hydrogen-bond acceptors (Lipinski definition) is 7. The second-order valence-corrected chi connectivity index (χ2v) is 9.05. The second kappa shape index (κ2) is 9.23. The van der Waals surface area contributed by atoms with Gasteiger partial charge in [0.15, 0.2) is 5.13 Å². The summed E-state index contributed by atoms with van der Waals surface area (Å²) in [6, 6.07) is 10.6. The molecule has 0 bridgehead atoms. The molecule has 0 saturated carbocycles. The Balaban J connectivity index is 0.00000272. The summed E-state index contributed by atoms with van der Waals surface area (Å²) in [6.07, 6.45) is 0. The van der Waals surface area contributed by atoms with Crippen molar-refractivity contribution in [2.24, 2.45) is 0 Å². The Morgan fingerprint density at radius 3 is 2.58 bits per heavy atom. The fourth-order valence-electron chi connectivity index (χ4n) is 2.97. The van der Waals surface area contributed by atoms with Crippen LogP contribution < -0.4 is 4.90 Å². The maximum absolute atomic E-state index is 13.6. The van der Waals surface area contributed by atoms with Gasteiger partial charge in [-0.15, -0.1) is 23.7 Å². The third kappa shape index (κ3) is 4.82. The van der Waals surface area contributed by atoms with E-state index in [0.717, 1.165) is 4.70 Å². The third-order valence-electron chi connectivity index (χ3n) is 4.51. The lowest BCUT2D eigenvalue weighted by molar-refractivity contribution is -0.384. The average Bonchev–Trinajstić information content (AvgIpc) is 3.30. The van der Waals surface area contributed by atoms with E-state index in [-0.39, 0.29) is 29.8 Å². The first-order valence-corrected chi connectivity index (χ1v) is 10.7. The Labute approximate surface area is 191 Å². The molecule has 0 aliphatic carbocycles. The predicted molar refractivity (Wildman–Crippen MR) is 126 cm³/mol. The highest BCUT2D eigenvalue weighted by atomic mass is 35.5. The van der Waals surface area contributed by atoms with Gasteiger partial charge >= 0.3 is 0 Å². The molecule has 2 heterocycles. The van der Waals surface area contributed by atoms with Crippen molar-refractivity contribution in [1.29, 1.82) is 0 Å². The molecule has 0 N–H and O–H groups in total. The zero-order valence-electron chi connectivity index (χ0n) is 16.6. The van der Waals surface area contributed by atoms with Crippen LogP contribution in [0, 0.1) is 15.9 Å². The summed E-state index contributed by atoms with van der Waals surface area (Å²) in [4.78, 5) is 32.5. The standard InChI is InChI=1S/C20H17FN4O3S2.ClH/c1-23(2)7-8-24(20-22-15-5-3-13(21)11-17(15)30-20)19(26)18-10-12-9-14(25(27)28)4-6-16(12)29-18;/h3-6,9-11H,7-8H2,1-2H3;1H. The van der Waals surface area contributed by atoms with Gasteiger partial charge in [-0.1, -0.05) is 11.3 Å². The van der Waals surface area contributed by atoms with Gasteiger partial charge in [0, 0.05) is 35.3 Å². The van der Waals surface area contributed by atoms with Gasteiger partial charge in [0.1, 0.15) is 5.82 Å². The monoisotopic (exact) mass is 480 g/mol. The molecule has 0 atom stereocenters. The number of nitrogens with zero attached hydrogens (tertiary/aromatic N) is 4. The van der Waals surface area contributed by atoms with Gasteiger partial charge < -0.3 is 4.90 Å². The number of amides is 1. The summed E-state index contributed by atoms with van der Waals surface area (Å²) in [6.45, 7) is 1.02. The van der Waals surface area contributed by atoms with E-state index in [1.165, 1.54) is 46.9 Å². The van der Waals surface area contributed by atoms with E-state index in [1.807, 2.05) is 19.0 Å². The van der Waals surface area contributed by atoms with Crippen molar-refractivity contribution in [3.8, 4) is 0 Å². The van der Waals surface area contributed by atoms with Gasteiger partial charge in [0.25, 0.3) is 11.6 Å². The van der Waals surface area contributed by atoms with Gasteiger partial charge in [0.2, 0.25) is 0 Å². The highest BCUT2D eigenvalue weighted by molar-refractivity contribution is 7.23. The van der Waals surface area contributed by atoms with E-state index in [2.05, 4.69) is 4.98 Å². The quantitative estimate of drug-likeness (QED) is 0.280. The molecule has 0 aliphatic heterocycles. The molecule has 1 amide bonds. The number of thiazole rings is 1. The normalized spacial score (nSPS) is 11.1. The highest BCUT2D eigenvalue weighted by Gasteiger charge is 2.24. The van der Waals surface area contributed by atoms with Crippen LogP contribution >= 0.6 is 35.1 Å². The van der Waals surface area contributed by atoms with Gasteiger partial charge in [-0.2, -0.15) is 0 Å². The van der Waals surface area contributed by atoms with Crippen molar-refractivity contribution < 1.29 is 14.1 Å². The van der Waals surface area contributed by atoms with E-state index < -0.39 is 4.92 Å². The lowest BCUT2D eigenvalue weighted by atomic mass is 10.2. The Kier molecular flexibility index (Phi) is 6.85. The van der Waals surface area contributed by atoms with Gasteiger partial charge in [0.05, 0.1) is 20.0 Å². The van der Waals surface area contributed by atoms with Crippen molar-refractivity contribution in [2.75, 3.05) is 32.1 Å². The molecule has 0 saturated heterocycles. The summed E-state index contributed by atoms with van der Waals surface area (Å²) in [7, 11) is 3.82. The summed E-state index contributed by atoms with van der Waals surface area (Å²) in [5.74, 6) is -0.588. The fraction of sp³-hybridized carbons (Fsp3) is 0.200. The lowest BCUT2D eigenvalue weighted by Gasteiger charge is -2.21. The largest absolute Gasteiger partial charge is 0.308 e. The highest BCUT2D eigenvalue weighted by Crippen LogP contribution is 2.33. The number of carbonyl (C=O) groups is 1. The van der Waals surface area contributed by atoms with Crippen LogP contribution in [0.25, 0.3) is 20.3 Å². The summed E-state index contributed by atoms with van der Waals surface area (Å²) in [5.41, 5.74) is 0.614. The number of non-ortho nitro benzene ring substituents is 1. The van der Waals surface area contributed by atoms with Crippen LogP contribution in [0.5, 0.6) is 0 Å². The molecule has 4 rings (SSSR count). The molecule has 7 nitrogen and oxygen atoms in total. The minimum absolute atomic E-state index is 0. The van der Waals surface area contributed by atoms with Crippen molar-refractivity contribution in [3.05, 3.63) is 63.3 Å². The molecular weight excluding hydrogens is 463 g/mol. The van der Waals surface area contributed by atoms with Crippen LogP contribution in [0.15, 0.2) is 42.5 Å². The molecule has 162 valence electrons. The smallest absolute Gasteiger partial charge is 0.270 e. The Morgan fingerprint density at radius 2 is 1.87 bits per heavy atom. The van der Waals surface area contributed by atoms with Crippen molar-refractivity contribution in [2.45, 2.75) is 0 Å². The zero-order valence-corrected chi connectivity index (χ0v) is 19.0. The maximum atomic E-state index is 13.6. The number of thiophene rings is 1. The van der Waals surface area contributed by atoms with E-state index in [1.54, 1.807) is 23.1 Å². The molecule has 0 radical (unpaired) electrons. The van der Waals surface area contributed by atoms with Crippen molar-refractivity contribution in [3.63, 3.8) is 0 Å². The van der Waals surface area contributed by atoms with Gasteiger partial charge in [-0.3, -0.25) is 19.8 Å². The molecule has 0 aliphatic rings. The molecular formula is C20H18ClFN4O3S2. The number of rotatable bonds is 6. The zero-order chi connectivity index (χ0) is 21.4. The van der Waals surface area contributed by atoms with Gasteiger partial charge in [-0.05, 0) is 44.4 Å². The molecule has 2 aromatic heterocycles. The number of likely N-dealkylation sites (N-methyl/N-ethyl adjacent to an activating group) is 1. The van der Waals surface area contributed by atoms with Crippen molar-refractivity contribution in [1.82, 2.24) is 9.88 Å². The fourth-order valence-corrected chi connectivity index (χ4v) is 4.98. The van der Waals surface area contributed by atoms with Crippen LogP contribution in [-0.2, 0) is 0 Å². The minimum atomic E-state index is -0.456. The SMILES string of the molecule is CN(C)CCN(C(=O)c1cc2cc([N+](=O)[O-])ccc2s1)c1nc2ccc(F)cc2s1.Cl. The number of nitro groups is 1. The summed E-state index contributed by atoms with van der Waals surface area (Å²) in [5, 5.41) is 12.2. The van der Waals surface area contributed by atoms with Crippen LogP contribution in [0.2, 0.25) is 0 Å². The Hall–Kier alpha value is -2.66. The van der Waals surface area contributed by atoms with E-state index in [0.29, 0.717) is 38.7 Å². The van der Waals surface area contributed by atoms with E-state index in [9.17, 15) is 19.3 Å². The number of aromatic nitrogens is 1. The topological polar surface area (TPSA) is 79.6 Å². The Morgan fingerprint density at radius 1 is 1.10 bits per heavy atom. The first-order valence-electron chi connectivity index (χ1n) is 9.02. The summed E-state index contributed by atoms with van der Waals surface area (Å²) < 4.78 is 15.0. The number of anilines is 1. The predicted octanol–water partition coefficient (Wildman–Crippen LogP) is 5.19.